The fourth-order valence-electron chi connectivity index (χ4n) is 1.12. The number of thiophene rings is 1. The zero-order valence-electron chi connectivity index (χ0n) is 8.21. The topological polar surface area (TPSA) is 42.0 Å². The molecule has 2 aromatic rings. The Morgan fingerprint density at radius 3 is 2.82 bits per heavy atom. The summed E-state index contributed by atoms with van der Waals surface area (Å²) < 4.78 is 1.73. The standard InChI is InChI=1S/C10H5Br2ClN2OS/c11-5-4-7(17-8(5)12)10(16)15-6-2-1-3-14-9(6)13/h1-4H,(H,15,16). The van der Waals surface area contributed by atoms with Gasteiger partial charge in [0.1, 0.15) is 0 Å². The van der Waals surface area contributed by atoms with Crippen LogP contribution in [0.4, 0.5) is 5.69 Å². The van der Waals surface area contributed by atoms with Crippen molar-refractivity contribution in [2.24, 2.45) is 0 Å². The second kappa shape index (κ2) is 5.48. The van der Waals surface area contributed by atoms with Gasteiger partial charge in [0.2, 0.25) is 0 Å². The second-order valence-electron chi connectivity index (χ2n) is 3.03. The summed E-state index contributed by atoms with van der Waals surface area (Å²) in [5, 5.41) is 2.98. The smallest absolute Gasteiger partial charge is 0.265 e. The molecule has 7 heteroatoms. The van der Waals surface area contributed by atoms with Crippen molar-refractivity contribution in [3.05, 3.63) is 42.7 Å². The van der Waals surface area contributed by atoms with E-state index in [4.69, 9.17) is 11.6 Å². The molecule has 0 aliphatic carbocycles. The quantitative estimate of drug-likeness (QED) is 0.756. The molecule has 17 heavy (non-hydrogen) atoms. The van der Waals surface area contributed by atoms with Gasteiger partial charge in [-0.3, -0.25) is 4.79 Å². The predicted molar refractivity (Wildman–Crippen MR) is 76.9 cm³/mol. The molecule has 2 heterocycles. The number of rotatable bonds is 2. The second-order valence-corrected chi connectivity index (χ2v) is 6.61. The van der Waals surface area contributed by atoms with E-state index >= 15 is 0 Å². The van der Waals surface area contributed by atoms with E-state index in [2.05, 4.69) is 42.2 Å². The van der Waals surface area contributed by atoms with Gasteiger partial charge in [-0.15, -0.1) is 11.3 Å². The molecule has 1 N–H and O–H groups in total. The van der Waals surface area contributed by atoms with Crippen LogP contribution in [0.3, 0.4) is 0 Å². The number of nitrogens with zero attached hydrogens (tertiary/aromatic N) is 1. The van der Waals surface area contributed by atoms with Gasteiger partial charge in [0.25, 0.3) is 5.91 Å². The van der Waals surface area contributed by atoms with Crippen molar-refractivity contribution in [3.63, 3.8) is 0 Å². The number of hydrogen-bond donors (Lipinski definition) is 1. The number of pyridine rings is 1. The lowest BCUT2D eigenvalue weighted by molar-refractivity contribution is 0.103. The monoisotopic (exact) mass is 394 g/mol. The maximum Gasteiger partial charge on any atom is 0.265 e. The minimum atomic E-state index is -0.212. The Hall–Kier alpha value is -0.430. The van der Waals surface area contributed by atoms with Crippen LogP contribution in [-0.2, 0) is 0 Å². The zero-order valence-corrected chi connectivity index (χ0v) is 13.0. The lowest BCUT2D eigenvalue weighted by Crippen LogP contribution is -2.10. The number of amides is 1. The van der Waals surface area contributed by atoms with Crippen LogP contribution in [0.5, 0.6) is 0 Å². The average Bonchev–Trinajstić information content (AvgIpc) is 2.63. The van der Waals surface area contributed by atoms with Crippen molar-refractivity contribution in [2.45, 2.75) is 0 Å². The summed E-state index contributed by atoms with van der Waals surface area (Å²) in [7, 11) is 0. The van der Waals surface area contributed by atoms with Crippen molar-refractivity contribution in [2.75, 3.05) is 5.32 Å². The summed E-state index contributed by atoms with van der Waals surface area (Å²) in [6, 6.07) is 5.15. The molecule has 0 unspecified atom stereocenters. The number of aromatic nitrogens is 1. The number of nitrogens with one attached hydrogen (secondary N) is 1. The highest BCUT2D eigenvalue weighted by molar-refractivity contribution is 9.13. The molecule has 0 radical (unpaired) electrons. The third-order valence-electron chi connectivity index (χ3n) is 1.88. The molecule has 0 saturated heterocycles. The van der Waals surface area contributed by atoms with Crippen LogP contribution in [0.25, 0.3) is 0 Å². The highest BCUT2D eigenvalue weighted by Gasteiger charge is 2.13. The normalized spacial score (nSPS) is 10.3. The van der Waals surface area contributed by atoms with E-state index in [1.165, 1.54) is 11.3 Å². The molecule has 0 spiro atoms. The number of anilines is 1. The minimum Gasteiger partial charge on any atom is -0.319 e. The van der Waals surface area contributed by atoms with Crippen LogP contribution in [0.2, 0.25) is 5.15 Å². The van der Waals surface area contributed by atoms with Crippen molar-refractivity contribution < 1.29 is 4.79 Å². The number of carbonyl (C=O) groups is 1. The molecule has 3 nitrogen and oxygen atoms in total. The zero-order chi connectivity index (χ0) is 12.4. The fourth-order valence-corrected chi connectivity index (χ4v) is 3.22. The van der Waals surface area contributed by atoms with E-state index in [1.54, 1.807) is 24.4 Å². The van der Waals surface area contributed by atoms with Crippen molar-refractivity contribution in [1.82, 2.24) is 4.98 Å². The van der Waals surface area contributed by atoms with Crippen LogP contribution in [0, 0.1) is 0 Å². The Morgan fingerprint density at radius 2 is 2.24 bits per heavy atom. The van der Waals surface area contributed by atoms with E-state index in [0.717, 1.165) is 8.26 Å². The number of halogens is 3. The molecule has 0 aliphatic heterocycles. The van der Waals surface area contributed by atoms with Gasteiger partial charge < -0.3 is 5.32 Å². The molecule has 0 aromatic carbocycles. The fraction of sp³-hybridized carbons (Fsp3) is 0. The SMILES string of the molecule is O=C(Nc1cccnc1Cl)c1cc(Br)c(Br)s1. The Labute approximate surface area is 123 Å². The number of carbonyl (C=O) groups excluding carboxylic acids is 1. The summed E-state index contributed by atoms with van der Waals surface area (Å²) in [5.41, 5.74) is 0.500. The molecule has 0 fully saturated rings. The van der Waals surface area contributed by atoms with Gasteiger partial charge in [0, 0.05) is 10.7 Å². The Kier molecular flexibility index (Phi) is 4.19. The largest absolute Gasteiger partial charge is 0.319 e. The van der Waals surface area contributed by atoms with Crippen molar-refractivity contribution in [3.8, 4) is 0 Å². The third-order valence-corrected chi connectivity index (χ3v) is 5.43. The molecule has 0 aliphatic rings. The maximum atomic E-state index is 11.9. The first-order chi connectivity index (χ1) is 8.08. The number of hydrogen-bond acceptors (Lipinski definition) is 3. The molecule has 0 atom stereocenters. The first-order valence-corrected chi connectivity index (χ1v) is 7.22. The Morgan fingerprint density at radius 1 is 1.47 bits per heavy atom. The molecule has 0 bridgehead atoms. The van der Waals surface area contributed by atoms with E-state index in [1.807, 2.05) is 0 Å². The van der Waals surface area contributed by atoms with Gasteiger partial charge in [-0.1, -0.05) is 11.6 Å². The van der Waals surface area contributed by atoms with Crippen molar-refractivity contribution >= 4 is 66.4 Å². The molecule has 88 valence electrons. The Bertz CT molecular complexity index is 554. The Balaban J connectivity index is 2.20. The lowest BCUT2D eigenvalue weighted by Gasteiger charge is -2.03. The van der Waals surface area contributed by atoms with Gasteiger partial charge in [0.05, 0.1) is 14.4 Å². The molecule has 2 rings (SSSR count). The molecular formula is C10H5Br2ClN2OS. The van der Waals surface area contributed by atoms with E-state index in [-0.39, 0.29) is 11.1 Å². The lowest BCUT2D eigenvalue weighted by atomic mass is 10.4. The van der Waals surface area contributed by atoms with Gasteiger partial charge in [0.15, 0.2) is 5.15 Å². The average molecular weight is 396 g/mol. The molecule has 0 saturated carbocycles. The predicted octanol–water partition coefficient (Wildman–Crippen LogP) is 4.57. The van der Waals surface area contributed by atoms with E-state index in [9.17, 15) is 4.79 Å². The third kappa shape index (κ3) is 3.07. The first kappa shape index (κ1) is 13.0. The summed E-state index contributed by atoms with van der Waals surface area (Å²) >= 11 is 13.9. The van der Waals surface area contributed by atoms with Crippen LogP contribution < -0.4 is 5.32 Å². The van der Waals surface area contributed by atoms with Crippen molar-refractivity contribution in [1.29, 1.82) is 0 Å². The van der Waals surface area contributed by atoms with Crippen LogP contribution in [-0.4, -0.2) is 10.9 Å². The molecular weight excluding hydrogens is 391 g/mol. The van der Waals surface area contributed by atoms with Crippen LogP contribution in [0.1, 0.15) is 9.67 Å². The summed E-state index contributed by atoms with van der Waals surface area (Å²) in [5.74, 6) is -0.212. The minimum absolute atomic E-state index is 0.212. The molecule has 2 aromatic heterocycles. The van der Waals surface area contributed by atoms with Crippen LogP contribution in [0.15, 0.2) is 32.7 Å². The van der Waals surface area contributed by atoms with Gasteiger partial charge in [-0.05, 0) is 50.1 Å². The van der Waals surface area contributed by atoms with Gasteiger partial charge in [-0.2, -0.15) is 0 Å². The first-order valence-electron chi connectivity index (χ1n) is 4.44. The van der Waals surface area contributed by atoms with Crippen LogP contribution >= 0.6 is 54.8 Å². The molecule has 1 amide bonds. The van der Waals surface area contributed by atoms with Gasteiger partial charge >= 0.3 is 0 Å². The highest BCUT2D eigenvalue weighted by atomic mass is 79.9. The highest BCUT2D eigenvalue weighted by Crippen LogP contribution is 2.33. The van der Waals surface area contributed by atoms with Gasteiger partial charge in [-0.25, -0.2) is 4.98 Å². The summed E-state index contributed by atoms with van der Waals surface area (Å²) in [4.78, 5) is 16.4. The summed E-state index contributed by atoms with van der Waals surface area (Å²) in [6.07, 6.45) is 1.57. The van der Waals surface area contributed by atoms with E-state index in [0.29, 0.717) is 10.6 Å². The van der Waals surface area contributed by atoms with E-state index < -0.39 is 0 Å². The summed E-state index contributed by atoms with van der Waals surface area (Å²) in [6.45, 7) is 0. The maximum absolute atomic E-state index is 11.9.